The van der Waals surface area contributed by atoms with E-state index < -0.39 is 0 Å². The molecule has 2 aromatic carbocycles. The van der Waals surface area contributed by atoms with Crippen LogP contribution in [0.3, 0.4) is 0 Å². The number of thioether (sulfide) groups is 1. The lowest BCUT2D eigenvalue weighted by Gasteiger charge is -2.14. The minimum Gasteiger partial charge on any atom is -0.497 e. The fraction of sp³-hybridized carbons (Fsp3) is 0.158. The molecule has 1 aliphatic heterocycles. The van der Waals surface area contributed by atoms with Crippen LogP contribution in [0.1, 0.15) is 11.1 Å². The largest absolute Gasteiger partial charge is 0.497 e. The summed E-state index contributed by atoms with van der Waals surface area (Å²) in [6.07, 6.45) is 2.67. The highest BCUT2D eigenvalue weighted by Crippen LogP contribution is 2.32. The molecule has 1 amide bonds. The molecule has 1 aliphatic rings. The lowest BCUT2D eigenvalue weighted by molar-refractivity contribution is -0.122. The number of amides is 1. The number of benzene rings is 2. The fourth-order valence-electron chi connectivity index (χ4n) is 2.43. The van der Waals surface area contributed by atoms with E-state index >= 15 is 0 Å². The first kappa shape index (κ1) is 16.7. The van der Waals surface area contributed by atoms with Crippen molar-refractivity contribution in [2.75, 3.05) is 13.7 Å². The number of rotatable bonds is 5. The van der Waals surface area contributed by atoms with Crippen LogP contribution < -0.4 is 4.74 Å². The summed E-state index contributed by atoms with van der Waals surface area (Å²) in [6.45, 7) is 0.606. The number of carbonyl (C=O) groups is 1. The topological polar surface area (TPSA) is 29.5 Å². The first-order valence-electron chi connectivity index (χ1n) is 7.61. The molecule has 0 saturated carbocycles. The maximum absolute atomic E-state index is 12.6. The normalized spacial score (nSPS) is 16.0. The number of carbonyl (C=O) groups excluding carboxylic acids is 1. The lowest BCUT2D eigenvalue weighted by Crippen LogP contribution is -2.30. The second-order valence-corrected chi connectivity index (χ2v) is 7.02. The summed E-state index contributed by atoms with van der Waals surface area (Å²) in [4.78, 5) is 14.9. The molecular formula is C19H17NO2S2. The van der Waals surface area contributed by atoms with Crippen molar-refractivity contribution in [1.29, 1.82) is 0 Å². The van der Waals surface area contributed by atoms with Crippen molar-refractivity contribution in [2.45, 2.75) is 6.42 Å². The van der Waals surface area contributed by atoms with Crippen LogP contribution in [0.4, 0.5) is 0 Å². The van der Waals surface area contributed by atoms with Crippen LogP contribution in [0, 0.1) is 0 Å². The van der Waals surface area contributed by atoms with E-state index in [0.717, 1.165) is 17.7 Å². The van der Waals surface area contributed by atoms with Crippen molar-refractivity contribution in [1.82, 2.24) is 4.90 Å². The van der Waals surface area contributed by atoms with Crippen molar-refractivity contribution in [2.24, 2.45) is 0 Å². The third-order valence-corrected chi connectivity index (χ3v) is 5.13. The summed E-state index contributed by atoms with van der Waals surface area (Å²) in [5.41, 5.74) is 2.16. The molecule has 24 heavy (non-hydrogen) atoms. The molecule has 0 aromatic heterocycles. The number of nitrogens with zero attached hydrogens (tertiary/aromatic N) is 1. The van der Waals surface area contributed by atoms with Crippen molar-refractivity contribution < 1.29 is 9.53 Å². The van der Waals surface area contributed by atoms with E-state index in [-0.39, 0.29) is 5.91 Å². The van der Waals surface area contributed by atoms with Crippen molar-refractivity contribution in [3.63, 3.8) is 0 Å². The van der Waals surface area contributed by atoms with E-state index in [9.17, 15) is 4.79 Å². The van der Waals surface area contributed by atoms with Gasteiger partial charge in [-0.15, -0.1) is 0 Å². The van der Waals surface area contributed by atoms with Crippen molar-refractivity contribution >= 4 is 40.3 Å². The molecule has 1 saturated heterocycles. The van der Waals surface area contributed by atoms with Crippen LogP contribution in [-0.2, 0) is 11.2 Å². The van der Waals surface area contributed by atoms with Crippen LogP contribution in [-0.4, -0.2) is 28.8 Å². The molecule has 0 bridgehead atoms. The van der Waals surface area contributed by atoms with Gasteiger partial charge in [-0.05, 0) is 35.8 Å². The Kier molecular flexibility index (Phi) is 5.33. The molecule has 1 fully saturated rings. The minimum absolute atomic E-state index is 0.0169. The maximum atomic E-state index is 12.6. The van der Waals surface area contributed by atoms with Crippen LogP contribution in [0.25, 0.3) is 6.08 Å². The predicted molar refractivity (Wildman–Crippen MR) is 103 cm³/mol. The Balaban J connectivity index is 1.69. The quantitative estimate of drug-likeness (QED) is 0.595. The van der Waals surface area contributed by atoms with Gasteiger partial charge in [0, 0.05) is 6.54 Å². The molecule has 2 aromatic rings. The Bertz CT molecular complexity index is 770. The second-order valence-electron chi connectivity index (χ2n) is 5.34. The van der Waals surface area contributed by atoms with Crippen LogP contribution >= 0.6 is 24.0 Å². The fourth-order valence-corrected chi connectivity index (χ4v) is 3.74. The molecule has 0 N–H and O–H groups in total. The van der Waals surface area contributed by atoms with Crippen molar-refractivity contribution in [3.8, 4) is 5.75 Å². The summed E-state index contributed by atoms with van der Waals surface area (Å²) >= 11 is 6.73. The highest BCUT2D eigenvalue weighted by atomic mass is 32.2. The van der Waals surface area contributed by atoms with Gasteiger partial charge in [0.2, 0.25) is 0 Å². The Labute approximate surface area is 151 Å². The van der Waals surface area contributed by atoms with Gasteiger partial charge in [-0.3, -0.25) is 9.69 Å². The van der Waals surface area contributed by atoms with Gasteiger partial charge in [-0.1, -0.05) is 66.4 Å². The highest BCUT2D eigenvalue weighted by molar-refractivity contribution is 8.26. The first-order valence-corrected chi connectivity index (χ1v) is 8.83. The van der Waals surface area contributed by atoms with Gasteiger partial charge in [0.1, 0.15) is 10.1 Å². The number of hydrogen-bond acceptors (Lipinski definition) is 4. The standard InChI is InChI=1S/C19H17NO2S2/c1-22-16-9-7-15(8-10-16)13-17-18(21)20(19(23)24-17)12-11-14-5-3-2-4-6-14/h2-10,13H,11-12H2,1H3. The first-order chi connectivity index (χ1) is 11.7. The lowest BCUT2D eigenvalue weighted by atomic mass is 10.1. The summed E-state index contributed by atoms with van der Waals surface area (Å²) in [7, 11) is 1.63. The van der Waals surface area contributed by atoms with E-state index in [2.05, 4.69) is 12.1 Å². The van der Waals surface area contributed by atoms with Gasteiger partial charge in [0.05, 0.1) is 12.0 Å². The van der Waals surface area contributed by atoms with E-state index in [4.69, 9.17) is 17.0 Å². The van der Waals surface area contributed by atoms with Crippen LogP contribution in [0.15, 0.2) is 59.5 Å². The molecule has 5 heteroatoms. The van der Waals surface area contributed by atoms with Gasteiger partial charge >= 0.3 is 0 Å². The van der Waals surface area contributed by atoms with Gasteiger partial charge in [-0.2, -0.15) is 0 Å². The Morgan fingerprint density at radius 1 is 1.12 bits per heavy atom. The van der Waals surface area contributed by atoms with Gasteiger partial charge in [0.25, 0.3) is 5.91 Å². The van der Waals surface area contributed by atoms with Gasteiger partial charge in [-0.25, -0.2) is 0 Å². The summed E-state index contributed by atoms with van der Waals surface area (Å²) < 4.78 is 5.77. The molecule has 0 atom stereocenters. The van der Waals surface area contributed by atoms with Crippen LogP contribution in [0.2, 0.25) is 0 Å². The Morgan fingerprint density at radius 3 is 2.50 bits per heavy atom. The number of thiocarbonyl (C=S) groups is 1. The molecule has 0 aliphatic carbocycles. The predicted octanol–water partition coefficient (Wildman–Crippen LogP) is 4.14. The molecular weight excluding hydrogens is 338 g/mol. The van der Waals surface area contributed by atoms with E-state index in [1.54, 1.807) is 12.0 Å². The molecule has 0 unspecified atom stereocenters. The SMILES string of the molecule is COc1ccc(C=C2SC(=S)N(CCc3ccccc3)C2=O)cc1. The van der Waals surface area contributed by atoms with Gasteiger partial charge in [0.15, 0.2) is 0 Å². The molecule has 1 heterocycles. The summed E-state index contributed by atoms with van der Waals surface area (Å²) in [5.74, 6) is 0.777. The Hall–Kier alpha value is -2.11. The minimum atomic E-state index is -0.0169. The highest BCUT2D eigenvalue weighted by Gasteiger charge is 2.31. The number of ether oxygens (including phenoxy) is 1. The average Bonchev–Trinajstić information content (AvgIpc) is 2.88. The summed E-state index contributed by atoms with van der Waals surface area (Å²) in [5, 5.41) is 0. The molecule has 122 valence electrons. The van der Waals surface area contributed by atoms with E-state index in [1.807, 2.05) is 48.5 Å². The molecule has 3 nitrogen and oxygen atoms in total. The summed E-state index contributed by atoms with van der Waals surface area (Å²) in [6, 6.07) is 17.7. The zero-order chi connectivity index (χ0) is 16.9. The second kappa shape index (κ2) is 7.64. The zero-order valence-corrected chi connectivity index (χ0v) is 14.9. The van der Waals surface area contributed by atoms with E-state index in [0.29, 0.717) is 15.8 Å². The molecule has 0 radical (unpaired) electrons. The van der Waals surface area contributed by atoms with Crippen LogP contribution in [0.5, 0.6) is 5.75 Å². The third kappa shape index (κ3) is 3.86. The zero-order valence-electron chi connectivity index (χ0n) is 13.3. The maximum Gasteiger partial charge on any atom is 0.266 e. The van der Waals surface area contributed by atoms with E-state index in [1.165, 1.54) is 17.3 Å². The smallest absolute Gasteiger partial charge is 0.266 e. The van der Waals surface area contributed by atoms with Crippen molar-refractivity contribution in [3.05, 3.63) is 70.6 Å². The Morgan fingerprint density at radius 2 is 1.83 bits per heavy atom. The van der Waals surface area contributed by atoms with Gasteiger partial charge < -0.3 is 4.74 Å². The monoisotopic (exact) mass is 355 g/mol. The average molecular weight is 355 g/mol. The molecule has 0 spiro atoms. The third-order valence-electron chi connectivity index (χ3n) is 3.75. The molecule has 3 rings (SSSR count). The number of methoxy groups -OCH3 is 1. The number of hydrogen-bond donors (Lipinski definition) is 0.